The highest BCUT2D eigenvalue weighted by Crippen LogP contribution is 2.26. The largest absolute Gasteiger partial charge is 0.355 e. The summed E-state index contributed by atoms with van der Waals surface area (Å²) in [6.45, 7) is 1.71. The zero-order valence-electron chi connectivity index (χ0n) is 10.3. The number of nitrogens with zero attached hydrogens (tertiary/aromatic N) is 2. The number of rotatable bonds is 2. The van der Waals surface area contributed by atoms with Crippen LogP contribution in [0.3, 0.4) is 0 Å². The third kappa shape index (κ3) is 2.98. The summed E-state index contributed by atoms with van der Waals surface area (Å²) < 4.78 is 0. The number of nitrogens with one attached hydrogen (secondary N) is 1. The first-order chi connectivity index (χ1) is 8.33. The van der Waals surface area contributed by atoms with Gasteiger partial charge in [-0.25, -0.2) is 0 Å². The van der Waals surface area contributed by atoms with Crippen LogP contribution in [-0.4, -0.2) is 36.0 Å². The topological polar surface area (TPSA) is 56.1 Å². The van der Waals surface area contributed by atoms with Gasteiger partial charge in [0.2, 0.25) is 5.91 Å². The van der Waals surface area contributed by atoms with Crippen molar-refractivity contribution in [1.82, 2.24) is 10.2 Å². The number of amides is 1. The Labute approximate surface area is 103 Å². The average molecular weight is 235 g/mol. The van der Waals surface area contributed by atoms with Gasteiger partial charge in [-0.15, -0.1) is 0 Å². The molecular formula is C13H21N3O. The highest BCUT2D eigenvalue weighted by molar-refractivity contribution is 5.82. The van der Waals surface area contributed by atoms with Crippen LogP contribution in [0.4, 0.5) is 0 Å². The van der Waals surface area contributed by atoms with Crippen molar-refractivity contribution in [3.8, 4) is 6.07 Å². The minimum atomic E-state index is -0.217. The normalized spacial score (nSPS) is 28.2. The molecule has 4 heteroatoms. The lowest BCUT2D eigenvalue weighted by molar-refractivity contribution is -0.126. The Morgan fingerprint density at radius 2 is 2.06 bits per heavy atom. The summed E-state index contributed by atoms with van der Waals surface area (Å²) in [5.74, 6) is 0.0506. The van der Waals surface area contributed by atoms with Gasteiger partial charge in [0.25, 0.3) is 0 Å². The number of nitriles is 1. The smallest absolute Gasteiger partial charge is 0.238 e. The first-order valence-electron chi connectivity index (χ1n) is 6.73. The fourth-order valence-electron chi connectivity index (χ4n) is 3.04. The summed E-state index contributed by atoms with van der Waals surface area (Å²) in [7, 11) is 0. The second-order valence-corrected chi connectivity index (χ2v) is 5.05. The predicted molar refractivity (Wildman–Crippen MR) is 65.2 cm³/mol. The Balaban J connectivity index is 2.08. The summed E-state index contributed by atoms with van der Waals surface area (Å²) in [5.41, 5.74) is 0. The molecule has 1 N–H and O–H groups in total. The van der Waals surface area contributed by atoms with Crippen LogP contribution in [0.1, 0.15) is 44.9 Å². The molecule has 1 aliphatic carbocycles. The van der Waals surface area contributed by atoms with E-state index < -0.39 is 0 Å². The monoisotopic (exact) mass is 235 g/mol. The molecule has 0 aromatic carbocycles. The zero-order valence-corrected chi connectivity index (χ0v) is 10.3. The highest BCUT2D eigenvalue weighted by Gasteiger charge is 2.33. The molecule has 0 aromatic heterocycles. The maximum absolute atomic E-state index is 12.0. The minimum absolute atomic E-state index is 0.0506. The number of hydrogen-bond donors (Lipinski definition) is 1. The van der Waals surface area contributed by atoms with E-state index in [0.717, 1.165) is 19.5 Å². The second kappa shape index (κ2) is 6.02. The second-order valence-electron chi connectivity index (χ2n) is 5.05. The van der Waals surface area contributed by atoms with E-state index in [1.54, 1.807) is 0 Å². The fourth-order valence-corrected chi connectivity index (χ4v) is 3.04. The van der Waals surface area contributed by atoms with Crippen molar-refractivity contribution in [3.05, 3.63) is 0 Å². The predicted octanol–water partition coefficient (Wildman–Crippen LogP) is 1.42. The molecule has 94 valence electrons. The number of hydrogen-bond acceptors (Lipinski definition) is 3. The number of carbonyl (C=O) groups excluding carboxylic acids is 1. The summed E-state index contributed by atoms with van der Waals surface area (Å²) >= 11 is 0. The quantitative estimate of drug-likeness (QED) is 0.787. The van der Waals surface area contributed by atoms with Crippen molar-refractivity contribution in [2.45, 2.75) is 57.0 Å². The third-order valence-corrected chi connectivity index (χ3v) is 3.92. The van der Waals surface area contributed by atoms with Gasteiger partial charge in [-0.1, -0.05) is 19.3 Å². The van der Waals surface area contributed by atoms with Crippen molar-refractivity contribution >= 4 is 5.91 Å². The molecule has 17 heavy (non-hydrogen) atoms. The van der Waals surface area contributed by atoms with Gasteiger partial charge in [0.1, 0.15) is 6.04 Å². The van der Waals surface area contributed by atoms with Gasteiger partial charge >= 0.3 is 0 Å². The lowest BCUT2D eigenvalue weighted by Crippen LogP contribution is -2.49. The van der Waals surface area contributed by atoms with Crippen LogP contribution in [0, 0.1) is 11.3 Å². The van der Waals surface area contributed by atoms with Gasteiger partial charge in [0, 0.05) is 19.1 Å². The van der Waals surface area contributed by atoms with Crippen LogP contribution in [-0.2, 0) is 4.79 Å². The molecule has 1 saturated carbocycles. The van der Waals surface area contributed by atoms with E-state index in [1.165, 1.54) is 32.1 Å². The van der Waals surface area contributed by atoms with Crippen LogP contribution in [0.15, 0.2) is 0 Å². The van der Waals surface area contributed by atoms with E-state index in [2.05, 4.69) is 16.3 Å². The van der Waals surface area contributed by atoms with Crippen molar-refractivity contribution in [3.63, 3.8) is 0 Å². The van der Waals surface area contributed by atoms with Crippen LogP contribution < -0.4 is 5.32 Å². The Bertz CT molecular complexity index is 304. The third-order valence-electron chi connectivity index (χ3n) is 3.92. The first-order valence-corrected chi connectivity index (χ1v) is 6.73. The highest BCUT2D eigenvalue weighted by atomic mass is 16.2. The molecule has 2 rings (SSSR count). The summed E-state index contributed by atoms with van der Waals surface area (Å²) in [5, 5.41) is 11.8. The van der Waals surface area contributed by atoms with Gasteiger partial charge < -0.3 is 5.32 Å². The summed E-state index contributed by atoms with van der Waals surface area (Å²) in [6, 6.07) is 2.46. The van der Waals surface area contributed by atoms with E-state index in [-0.39, 0.29) is 11.9 Å². The first kappa shape index (κ1) is 12.4. The molecular weight excluding hydrogens is 214 g/mol. The lowest BCUT2D eigenvalue weighted by Gasteiger charge is -2.37. The lowest BCUT2D eigenvalue weighted by atomic mass is 9.92. The van der Waals surface area contributed by atoms with E-state index in [4.69, 9.17) is 5.26 Å². The van der Waals surface area contributed by atoms with Gasteiger partial charge in [-0.2, -0.15) is 5.26 Å². The van der Waals surface area contributed by atoms with Crippen molar-refractivity contribution < 1.29 is 4.79 Å². The summed E-state index contributed by atoms with van der Waals surface area (Å²) in [4.78, 5) is 14.2. The molecule has 1 amide bonds. The van der Waals surface area contributed by atoms with E-state index in [0.29, 0.717) is 12.5 Å². The molecule has 2 aliphatic rings. The SMILES string of the molecule is N#CCC1C(=O)NCCCN1C1CCCCC1. The molecule has 1 unspecified atom stereocenters. The molecule has 0 spiro atoms. The van der Waals surface area contributed by atoms with E-state index in [9.17, 15) is 4.79 Å². The van der Waals surface area contributed by atoms with E-state index in [1.807, 2.05) is 0 Å². The van der Waals surface area contributed by atoms with E-state index >= 15 is 0 Å². The molecule has 1 aliphatic heterocycles. The van der Waals surface area contributed by atoms with Crippen LogP contribution in [0.5, 0.6) is 0 Å². The molecule has 0 bridgehead atoms. The number of carbonyl (C=O) groups is 1. The van der Waals surface area contributed by atoms with Crippen LogP contribution in [0.2, 0.25) is 0 Å². The van der Waals surface area contributed by atoms with Gasteiger partial charge in [-0.3, -0.25) is 9.69 Å². The van der Waals surface area contributed by atoms with Gasteiger partial charge in [-0.05, 0) is 19.3 Å². The molecule has 1 atom stereocenters. The zero-order chi connectivity index (χ0) is 12.1. The molecule has 0 radical (unpaired) electrons. The van der Waals surface area contributed by atoms with Crippen molar-refractivity contribution in [2.24, 2.45) is 0 Å². The minimum Gasteiger partial charge on any atom is -0.355 e. The maximum Gasteiger partial charge on any atom is 0.238 e. The Hall–Kier alpha value is -1.08. The van der Waals surface area contributed by atoms with Crippen molar-refractivity contribution in [2.75, 3.05) is 13.1 Å². The van der Waals surface area contributed by atoms with Gasteiger partial charge in [0.05, 0.1) is 12.5 Å². The average Bonchev–Trinajstić information content (AvgIpc) is 2.54. The molecule has 0 aromatic rings. The Morgan fingerprint density at radius 1 is 1.29 bits per heavy atom. The summed E-state index contributed by atoms with van der Waals surface area (Å²) in [6.07, 6.45) is 7.56. The Kier molecular flexibility index (Phi) is 4.38. The van der Waals surface area contributed by atoms with Crippen molar-refractivity contribution in [1.29, 1.82) is 5.26 Å². The molecule has 1 heterocycles. The van der Waals surface area contributed by atoms with Gasteiger partial charge in [0.15, 0.2) is 0 Å². The van der Waals surface area contributed by atoms with Crippen LogP contribution in [0.25, 0.3) is 0 Å². The standard InChI is InChI=1S/C13H21N3O/c14-8-7-12-13(17)15-9-4-10-16(12)11-5-2-1-3-6-11/h11-12H,1-7,9-10H2,(H,15,17). The molecule has 2 fully saturated rings. The Morgan fingerprint density at radius 3 is 2.76 bits per heavy atom. The fraction of sp³-hybridized carbons (Fsp3) is 0.846. The van der Waals surface area contributed by atoms with Crippen LogP contribution >= 0.6 is 0 Å². The molecule has 4 nitrogen and oxygen atoms in total. The molecule has 1 saturated heterocycles. The maximum atomic E-state index is 12.0.